The first kappa shape index (κ1) is 30.5. The zero-order valence-electron chi connectivity index (χ0n) is 29.4. The number of furan rings is 1. The van der Waals surface area contributed by atoms with Crippen LogP contribution in [0.4, 0.5) is 17.1 Å². The maximum atomic E-state index is 6.51. The molecule has 1 heterocycles. The Morgan fingerprint density at radius 2 is 0.889 bits per heavy atom. The normalized spacial score (nSPS) is 11.7. The summed E-state index contributed by atoms with van der Waals surface area (Å²) in [6, 6.07) is 72.4. The van der Waals surface area contributed by atoms with Crippen molar-refractivity contribution in [3.63, 3.8) is 0 Å². The van der Waals surface area contributed by atoms with E-state index in [0.29, 0.717) is 0 Å². The van der Waals surface area contributed by atoms with Gasteiger partial charge < -0.3 is 9.32 Å². The van der Waals surface area contributed by atoms with Gasteiger partial charge in [0, 0.05) is 33.1 Å². The molecule has 2 heteroatoms. The molecular formula is C52H33NO. The van der Waals surface area contributed by atoms with Gasteiger partial charge in [0.15, 0.2) is 0 Å². The van der Waals surface area contributed by atoms with E-state index < -0.39 is 0 Å². The Bertz CT molecular complexity index is 3220. The second kappa shape index (κ2) is 12.2. The predicted octanol–water partition coefficient (Wildman–Crippen LogP) is 15.0. The van der Waals surface area contributed by atoms with Gasteiger partial charge in [-0.15, -0.1) is 0 Å². The van der Waals surface area contributed by atoms with E-state index in [1.165, 1.54) is 48.8 Å². The van der Waals surface area contributed by atoms with E-state index in [-0.39, 0.29) is 0 Å². The Hall–Kier alpha value is -7.16. The maximum Gasteiger partial charge on any atom is 0.143 e. The molecule has 0 saturated heterocycles. The van der Waals surface area contributed by atoms with Gasteiger partial charge in [0.05, 0.1) is 5.69 Å². The Balaban J connectivity index is 1.10. The van der Waals surface area contributed by atoms with E-state index >= 15 is 0 Å². The predicted molar refractivity (Wildman–Crippen MR) is 229 cm³/mol. The molecule has 252 valence electrons. The number of hydrogen-bond donors (Lipinski definition) is 0. The summed E-state index contributed by atoms with van der Waals surface area (Å²) < 4.78 is 6.51. The van der Waals surface area contributed by atoms with Crippen LogP contribution in [-0.2, 0) is 0 Å². The quantitative estimate of drug-likeness (QED) is 0.168. The smallest absolute Gasteiger partial charge is 0.143 e. The minimum absolute atomic E-state index is 0.894. The molecule has 0 spiro atoms. The summed E-state index contributed by atoms with van der Waals surface area (Å²) in [5.74, 6) is 0. The summed E-state index contributed by atoms with van der Waals surface area (Å²) in [6.07, 6.45) is 0. The van der Waals surface area contributed by atoms with Gasteiger partial charge in [-0.05, 0) is 103 Å². The molecule has 0 aliphatic heterocycles. The van der Waals surface area contributed by atoms with Crippen LogP contribution in [0.15, 0.2) is 205 Å². The molecular weight excluding hydrogens is 655 g/mol. The lowest BCUT2D eigenvalue weighted by atomic mass is 9.97. The number of nitrogens with zero attached hydrogens (tertiary/aromatic N) is 1. The second-order valence-electron chi connectivity index (χ2n) is 14.1. The lowest BCUT2D eigenvalue weighted by molar-refractivity contribution is 0.672. The van der Waals surface area contributed by atoms with Gasteiger partial charge in [-0.25, -0.2) is 0 Å². The molecule has 0 fully saturated rings. The summed E-state index contributed by atoms with van der Waals surface area (Å²) >= 11 is 0. The molecule has 0 amide bonds. The van der Waals surface area contributed by atoms with Crippen LogP contribution in [0.1, 0.15) is 0 Å². The highest BCUT2D eigenvalue weighted by Crippen LogP contribution is 2.44. The summed E-state index contributed by atoms with van der Waals surface area (Å²) in [7, 11) is 0. The Morgan fingerprint density at radius 1 is 0.315 bits per heavy atom. The highest BCUT2D eigenvalue weighted by Gasteiger charge is 2.20. The van der Waals surface area contributed by atoms with E-state index in [4.69, 9.17) is 4.42 Å². The van der Waals surface area contributed by atoms with Gasteiger partial charge in [0.1, 0.15) is 11.2 Å². The molecule has 10 aromatic carbocycles. The fraction of sp³-hybridized carbons (Fsp3) is 0. The third-order valence-corrected chi connectivity index (χ3v) is 11.0. The van der Waals surface area contributed by atoms with E-state index in [1.807, 2.05) is 0 Å². The van der Waals surface area contributed by atoms with E-state index in [1.54, 1.807) is 0 Å². The highest BCUT2D eigenvalue weighted by molar-refractivity contribution is 6.16. The standard InChI is InChI=1S/C52H33NO/c1-4-14-42-34(10-1)13-9-18-44(42)37-22-26-40(27-23-37)53(41-28-30-45-38(32-41)21-20-35-11-2-5-15-43(35)45)50-19-8-7-16-46(50)39-25-31-51-49(33-39)48-29-24-36-12-3-6-17-47(36)52(48)54-51/h1-33H. The van der Waals surface area contributed by atoms with Gasteiger partial charge in [0.2, 0.25) is 0 Å². The van der Waals surface area contributed by atoms with Gasteiger partial charge in [-0.1, -0.05) is 152 Å². The molecule has 54 heavy (non-hydrogen) atoms. The molecule has 0 N–H and O–H groups in total. The van der Waals surface area contributed by atoms with Crippen molar-refractivity contribution in [1.29, 1.82) is 0 Å². The van der Waals surface area contributed by atoms with Crippen LogP contribution in [0, 0.1) is 0 Å². The van der Waals surface area contributed by atoms with E-state index in [9.17, 15) is 0 Å². The lowest BCUT2D eigenvalue weighted by Gasteiger charge is -2.28. The van der Waals surface area contributed by atoms with Gasteiger partial charge >= 0.3 is 0 Å². The first-order valence-corrected chi connectivity index (χ1v) is 18.5. The summed E-state index contributed by atoms with van der Waals surface area (Å²) in [5.41, 5.74) is 9.83. The molecule has 11 rings (SSSR count). The van der Waals surface area contributed by atoms with E-state index in [2.05, 4.69) is 205 Å². The van der Waals surface area contributed by atoms with Crippen molar-refractivity contribution in [2.24, 2.45) is 0 Å². The lowest BCUT2D eigenvalue weighted by Crippen LogP contribution is -2.11. The van der Waals surface area contributed by atoms with Crippen molar-refractivity contribution in [2.75, 3.05) is 4.90 Å². The summed E-state index contributed by atoms with van der Waals surface area (Å²) in [5, 5.41) is 12.0. The van der Waals surface area contributed by atoms with Gasteiger partial charge in [0.25, 0.3) is 0 Å². The van der Waals surface area contributed by atoms with Crippen LogP contribution in [0.25, 0.3) is 87.3 Å². The van der Waals surface area contributed by atoms with Crippen LogP contribution in [0.2, 0.25) is 0 Å². The molecule has 0 radical (unpaired) electrons. The average Bonchev–Trinajstić information content (AvgIpc) is 3.62. The largest absolute Gasteiger partial charge is 0.455 e. The number of benzene rings is 10. The Labute approximate surface area is 312 Å². The van der Waals surface area contributed by atoms with Crippen molar-refractivity contribution in [3.05, 3.63) is 200 Å². The monoisotopic (exact) mass is 687 g/mol. The third-order valence-electron chi connectivity index (χ3n) is 11.0. The molecule has 0 atom stereocenters. The molecule has 0 saturated carbocycles. The minimum Gasteiger partial charge on any atom is -0.455 e. The van der Waals surface area contributed by atoms with E-state index in [0.717, 1.165) is 55.5 Å². The SMILES string of the molecule is c1ccc(N(c2ccc(-c3cccc4ccccc34)cc2)c2ccc3c(ccc4ccccc43)c2)c(-c2ccc3oc4c5ccccc5ccc4c3c2)c1. The zero-order valence-corrected chi connectivity index (χ0v) is 29.4. The van der Waals surface area contributed by atoms with Gasteiger partial charge in [-0.3, -0.25) is 0 Å². The molecule has 0 unspecified atom stereocenters. The first-order valence-electron chi connectivity index (χ1n) is 18.5. The maximum absolute atomic E-state index is 6.51. The molecule has 11 aromatic rings. The topological polar surface area (TPSA) is 16.4 Å². The summed E-state index contributed by atoms with van der Waals surface area (Å²) in [4.78, 5) is 2.40. The Morgan fingerprint density at radius 3 is 1.74 bits per heavy atom. The molecule has 0 aliphatic carbocycles. The van der Waals surface area contributed by atoms with Crippen LogP contribution in [0.3, 0.4) is 0 Å². The van der Waals surface area contributed by atoms with Crippen molar-refractivity contribution in [3.8, 4) is 22.3 Å². The van der Waals surface area contributed by atoms with Crippen LogP contribution < -0.4 is 4.90 Å². The number of para-hydroxylation sites is 1. The van der Waals surface area contributed by atoms with Crippen molar-refractivity contribution in [2.45, 2.75) is 0 Å². The number of hydrogen-bond acceptors (Lipinski definition) is 2. The molecule has 2 nitrogen and oxygen atoms in total. The Kier molecular flexibility index (Phi) is 6.90. The highest BCUT2D eigenvalue weighted by atomic mass is 16.3. The number of anilines is 3. The third kappa shape index (κ3) is 4.88. The number of rotatable bonds is 5. The molecule has 0 aliphatic rings. The fourth-order valence-corrected chi connectivity index (χ4v) is 8.42. The average molecular weight is 688 g/mol. The fourth-order valence-electron chi connectivity index (χ4n) is 8.42. The van der Waals surface area contributed by atoms with Crippen molar-refractivity contribution >= 4 is 82.1 Å². The minimum atomic E-state index is 0.894. The van der Waals surface area contributed by atoms with Gasteiger partial charge in [-0.2, -0.15) is 0 Å². The molecule has 0 bridgehead atoms. The van der Waals surface area contributed by atoms with Crippen LogP contribution in [0.5, 0.6) is 0 Å². The summed E-state index contributed by atoms with van der Waals surface area (Å²) in [6.45, 7) is 0. The first-order chi connectivity index (χ1) is 26.8. The second-order valence-corrected chi connectivity index (χ2v) is 14.1. The zero-order chi connectivity index (χ0) is 35.6. The number of fused-ring (bicyclic) bond motifs is 9. The van der Waals surface area contributed by atoms with Crippen molar-refractivity contribution < 1.29 is 4.42 Å². The van der Waals surface area contributed by atoms with Crippen molar-refractivity contribution in [1.82, 2.24) is 0 Å². The molecule has 1 aromatic heterocycles. The van der Waals surface area contributed by atoms with Crippen LogP contribution in [-0.4, -0.2) is 0 Å². The van der Waals surface area contributed by atoms with Crippen LogP contribution >= 0.6 is 0 Å².